The standard InChI is InChI=1S/C88H102N12O4/c1-81(2)53-33-37-85(81,9)69(45-53)93-73(101)49-97-41-17-13-21-65(97)77-57-25-27-59(89-57)78(66-22-14-18-42-98(66)50-74(102)94-70-46-54-34-38-86(70,10)82(54,3)4)61-29-31-63(91-61)80(68-24-16-20-44-100(68)52-76(104)96-72-48-56-36-40-88(72,12)84(56,7)8)64-32-30-62(92-64)79(60-28-26-58(77)90-60)67-23-15-19-43-99(67)51-75(103)95-71-47-55-35-39-87(71,11)83(55,5)6/h13-32,41-44,53-56,69-72H,33-40,45-52H2,1-12H3,(H2-3,89,90,91,92,93,94,95,96,101,102,103,104)/p+3/t53-,54-,55-,56-,69+,70+,71+,72+,85+,86+,87+,88+/m0/s1. The Hall–Kier alpha value is -8.92. The predicted octanol–water partition coefficient (Wildman–Crippen LogP) is 16.2. The molecular weight excluding hydrogens is 1290 g/mol. The zero-order valence-corrected chi connectivity index (χ0v) is 63.0. The molecule has 17 rings (SSSR count). The SMILES string of the molecule is CC1(C)[C@H]2CC[C@]1(C)[C@H](N=C(O)CN1C=CC=CC1=C1C3=NC(=C(c4cccc[n+]4CC(O)=N[C@@H]4C[C@@H]5CC[C@@]4(C)C5(C)C)C4=NC(=C(c5cccc[n+]5CC(O)=N[C@@H]5C[C@@H]6CC[C@@]5(C)C6(C)C)c5ccc([nH]5)C(c5cccc[n+]5CC(O)=N[C@@H]5C[C@@H]6CC[C@@]5(C)C6(C)C)=C5C=CC1=N5)C=C4)C=C3)C2. The van der Waals surface area contributed by atoms with Gasteiger partial charge in [-0.15, -0.1) is 0 Å². The van der Waals surface area contributed by atoms with Gasteiger partial charge in [-0.05, 0) is 223 Å². The number of pyridine rings is 3. The van der Waals surface area contributed by atoms with Crippen molar-refractivity contribution in [1.82, 2.24) is 9.88 Å². The van der Waals surface area contributed by atoms with Gasteiger partial charge in [-0.2, -0.15) is 13.7 Å². The Kier molecular flexibility index (Phi) is 15.9. The van der Waals surface area contributed by atoms with Gasteiger partial charge < -0.3 is 30.3 Å². The normalized spacial score (nSPS) is 34.4. The summed E-state index contributed by atoms with van der Waals surface area (Å²) in [6.45, 7) is 29.1. The van der Waals surface area contributed by atoms with Gasteiger partial charge in [0, 0.05) is 48.2 Å². The minimum atomic E-state index is -0.0209. The van der Waals surface area contributed by atoms with Gasteiger partial charge in [0.2, 0.25) is 60.3 Å². The molecule has 0 spiro atoms. The van der Waals surface area contributed by atoms with Crippen LogP contribution in [0.15, 0.2) is 210 Å². The summed E-state index contributed by atoms with van der Waals surface area (Å²) in [5.41, 5.74) is 12.1. The second-order valence-corrected chi connectivity index (χ2v) is 36.0. The van der Waals surface area contributed by atoms with Crippen LogP contribution in [0, 0.1) is 67.0 Å². The first-order valence-electron chi connectivity index (χ1n) is 38.7. The van der Waals surface area contributed by atoms with Crippen molar-refractivity contribution < 1.29 is 34.1 Å². The Bertz CT molecular complexity index is 4850. The number of H-pyrrole nitrogens is 1. The number of aliphatic hydroxyl groups is 4. The van der Waals surface area contributed by atoms with Crippen molar-refractivity contribution in [2.45, 2.75) is 204 Å². The number of aromatic nitrogens is 4. The molecule has 0 saturated heterocycles. The first kappa shape index (κ1) is 68.2. The van der Waals surface area contributed by atoms with Gasteiger partial charge in [-0.1, -0.05) is 89.2 Å². The number of aliphatic hydroxyl groups excluding tert-OH is 4. The van der Waals surface area contributed by atoms with Crippen LogP contribution >= 0.6 is 0 Å². The van der Waals surface area contributed by atoms with Crippen LogP contribution in [0.1, 0.15) is 189 Å². The summed E-state index contributed by atoms with van der Waals surface area (Å²) in [4.78, 5) is 44.2. The van der Waals surface area contributed by atoms with Gasteiger partial charge in [-0.3, -0.25) is 4.99 Å². The Morgan fingerprint density at radius 3 is 1.10 bits per heavy atom. The molecule has 13 aliphatic rings. The molecule has 5 aliphatic heterocycles. The molecule has 0 unspecified atom stereocenters. The van der Waals surface area contributed by atoms with Crippen LogP contribution in [0.25, 0.3) is 16.7 Å². The number of rotatable bonds is 15. The second-order valence-electron chi connectivity index (χ2n) is 36.0. The molecule has 0 amide bonds. The Morgan fingerprint density at radius 1 is 0.413 bits per heavy atom. The maximum absolute atomic E-state index is 12.3. The van der Waals surface area contributed by atoms with Gasteiger partial charge in [0.1, 0.15) is 0 Å². The van der Waals surface area contributed by atoms with E-state index in [9.17, 15) is 20.4 Å². The lowest BCUT2D eigenvalue weighted by molar-refractivity contribution is -0.685. The maximum Gasteiger partial charge on any atom is 0.249 e. The van der Waals surface area contributed by atoms with E-state index in [4.69, 9.17) is 34.9 Å². The monoisotopic (exact) mass is 1390 g/mol. The van der Waals surface area contributed by atoms with E-state index in [2.05, 4.69) is 180 Å². The van der Waals surface area contributed by atoms with E-state index in [1.165, 1.54) is 25.7 Å². The van der Waals surface area contributed by atoms with Gasteiger partial charge in [0.25, 0.3) is 0 Å². The third-order valence-electron chi connectivity index (χ3n) is 30.9. The number of hydrogen-bond donors (Lipinski definition) is 5. The zero-order valence-electron chi connectivity index (χ0n) is 63.0. The number of aromatic amines is 1. The highest BCUT2D eigenvalue weighted by atomic mass is 16.3. The van der Waals surface area contributed by atoms with E-state index in [-0.39, 0.29) is 117 Å². The summed E-state index contributed by atoms with van der Waals surface area (Å²) < 4.78 is 6.24. The van der Waals surface area contributed by atoms with Crippen molar-refractivity contribution in [3.05, 3.63) is 203 Å². The minimum absolute atomic E-state index is 0.00665. The predicted molar refractivity (Wildman–Crippen MR) is 414 cm³/mol. The molecule has 5 N–H and O–H groups in total. The fourth-order valence-corrected chi connectivity index (χ4v) is 22.5. The van der Waals surface area contributed by atoms with Crippen LogP contribution in [0.5, 0.6) is 0 Å². The summed E-state index contributed by atoms with van der Waals surface area (Å²) in [5.74, 6) is 2.58. The lowest BCUT2D eigenvalue weighted by Crippen LogP contribution is -2.43. The average Bonchev–Trinajstić information content (AvgIpc) is 1.58. The molecule has 4 aromatic rings. The Balaban J connectivity index is 0.853. The lowest BCUT2D eigenvalue weighted by Gasteiger charge is -2.37. The molecule has 104 heavy (non-hydrogen) atoms. The van der Waals surface area contributed by atoms with Gasteiger partial charge in [0.05, 0.1) is 98.7 Å². The highest BCUT2D eigenvalue weighted by molar-refractivity contribution is 6.36. The van der Waals surface area contributed by atoms with E-state index in [1.54, 1.807) is 0 Å². The first-order valence-corrected chi connectivity index (χ1v) is 38.7. The quantitative estimate of drug-likeness (QED) is 0.0447. The Morgan fingerprint density at radius 2 is 0.750 bits per heavy atom. The van der Waals surface area contributed by atoms with Crippen molar-refractivity contribution in [1.29, 1.82) is 0 Å². The number of nitrogens with one attached hydrogen (secondary N) is 1. The highest BCUT2D eigenvalue weighted by Gasteiger charge is 2.65. The third kappa shape index (κ3) is 10.4. The highest BCUT2D eigenvalue weighted by Crippen LogP contribution is 2.69. The largest absolute Gasteiger partial charge is 0.495 e. The molecule has 8 saturated carbocycles. The van der Waals surface area contributed by atoms with Crippen LogP contribution in [-0.2, 0) is 19.6 Å². The molecule has 16 heteroatoms. The molecule has 16 bridgehead atoms. The molecule has 0 radical (unpaired) electrons. The lowest BCUT2D eigenvalue weighted by atomic mass is 9.69. The summed E-state index contributed by atoms with van der Waals surface area (Å²) in [6, 6.07) is 22.6. The molecule has 4 aromatic heterocycles. The van der Waals surface area contributed by atoms with Gasteiger partial charge in [0.15, 0.2) is 18.6 Å². The van der Waals surface area contributed by atoms with Crippen LogP contribution in [-0.4, -0.2) is 102 Å². The number of hydrogen-bond acceptors (Lipinski definition) is 8. The van der Waals surface area contributed by atoms with E-state index in [0.29, 0.717) is 57.9 Å². The summed E-state index contributed by atoms with van der Waals surface area (Å²) in [5, 5.41) is 49.1. The van der Waals surface area contributed by atoms with Crippen molar-refractivity contribution in [3.63, 3.8) is 0 Å². The molecule has 12 atom stereocenters. The molecule has 9 heterocycles. The van der Waals surface area contributed by atoms with Crippen LogP contribution in [0.4, 0.5) is 0 Å². The van der Waals surface area contributed by atoms with Gasteiger partial charge >= 0.3 is 0 Å². The zero-order chi connectivity index (χ0) is 72.4. The van der Waals surface area contributed by atoms with Crippen molar-refractivity contribution in [2.24, 2.45) is 102 Å². The van der Waals surface area contributed by atoms with Crippen LogP contribution < -0.4 is 13.7 Å². The van der Waals surface area contributed by atoms with Crippen molar-refractivity contribution >= 4 is 57.4 Å². The molecule has 0 aromatic carbocycles. The van der Waals surface area contributed by atoms with Crippen LogP contribution in [0.3, 0.4) is 0 Å². The minimum Gasteiger partial charge on any atom is -0.495 e. The van der Waals surface area contributed by atoms with Gasteiger partial charge in [-0.25, -0.2) is 30.0 Å². The number of nitrogens with zero attached hydrogens (tertiary/aromatic N) is 11. The molecule has 8 aliphatic carbocycles. The number of allylic oxidation sites excluding steroid dienone is 11. The average molecular weight is 1390 g/mol. The van der Waals surface area contributed by atoms with E-state index >= 15 is 0 Å². The third-order valence-corrected chi connectivity index (χ3v) is 30.9. The summed E-state index contributed by atoms with van der Waals surface area (Å²) >= 11 is 0. The summed E-state index contributed by atoms with van der Waals surface area (Å²) in [7, 11) is 0. The molecule has 538 valence electrons. The van der Waals surface area contributed by atoms with Crippen molar-refractivity contribution in [3.8, 4) is 0 Å². The maximum atomic E-state index is 12.3. The second kappa shape index (κ2) is 24.3. The number of fused-ring (bicyclic) bond motifs is 13. The summed E-state index contributed by atoms with van der Waals surface area (Å²) in [6.07, 6.45) is 39.6. The van der Waals surface area contributed by atoms with Crippen molar-refractivity contribution in [2.75, 3.05) is 6.54 Å². The molecular formula is C88H105N12O4+3. The van der Waals surface area contributed by atoms with E-state index in [1.807, 2.05) is 73.3 Å². The fraction of sp³-hybridized carbons (Fsp3) is 0.500. The van der Waals surface area contributed by atoms with E-state index in [0.717, 1.165) is 108 Å². The molecule has 16 nitrogen and oxygen atoms in total. The number of aliphatic imine (C=N–C) groups is 7. The van der Waals surface area contributed by atoms with E-state index < -0.39 is 0 Å². The van der Waals surface area contributed by atoms with Crippen LogP contribution in [0.2, 0.25) is 0 Å². The first-order chi connectivity index (χ1) is 49.6. The fourth-order valence-electron chi connectivity index (χ4n) is 22.5. The topological polar surface area (TPSA) is 198 Å². The smallest absolute Gasteiger partial charge is 0.249 e. The molecule has 8 fully saturated rings. The Labute approximate surface area is 613 Å².